The largest absolute Gasteiger partial charge is 0.348 e. The molecular weight excluding hydrogens is 354 g/mol. The molecule has 0 aliphatic rings. The number of rotatable bonds is 8. The Labute approximate surface area is 163 Å². The lowest BCUT2D eigenvalue weighted by Gasteiger charge is -2.09. The molecule has 0 aliphatic heterocycles. The fourth-order valence-corrected chi connectivity index (χ4v) is 2.76. The molecule has 2 N–H and O–H groups in total. The van der Waals surface area contributed by atoms with Crippen molar-refractivity contribution in [2.24, 2.45) is 0 Å². The number of benzene rings is 2. The topological polar surface area (TPSA) is 88.9 Å². The molecule has 1 heterocycles. The Bertz CT molecular complexity index is 920. The van der Waals surface area contributed by atoms with Gasteiger partial charge in [-0.2, -0.15) is 5.10 Å². The minimum absolute atomic E-state index is 0.00494. The summed E-state index contributed by atoms with van der Waals surface area (Å²) in [5.74, 6) is -0.151. The fourth-order valence-electron chi connectivity index (χ4n) is 2.76. The molecule has 0 unspecified atom stereocenters. The first kappa shape index (κ1) is 19.3. The summed E-state index contributed by atoms with van der Waals surface area (Å²) in [4.78, 5) is 28.0. The third-order valence-corrected chi connectivity index (χ3v) is 4.17. The summed E-state index contributed by atoms with van der Waals surface area (Å²) in [5, 5.41) is 9.84. The quantitative estimate of drug-likeness (QED) is 0.632. The second-order valence-electron chi connectivity index (χ2n) is 6.47. The summed E-state index contributed by atoms with van der Waals surface area (Å²) in [6, 6.07) is 14.9. The molecule has 0 fully saturated rings. The number of carbonyl (C=O) groups excluding carboxylic acids is 2. The Balaban J connectivity index is 1.54. The molecule has 0 aliphatic carbocycles. The van der Waals surface area contributed by atoms with Gasteiger partial charge in [0.25, 0.3) is 5.91 Å². The molecule has 0 bridgehead atoms. The van der Waals surface area contributed by atoms with Gasteiger partial charge in [0.1, 0.15) is 12.7 Å². The van der Waals surface area contributed by atoms with Gasteiger partial charge in [0.05, 0.1) is 6.54 Å². The first-order chi connectivity index (χ1) is 13.6. The van der Waals surface area contributed by atoms with Crippen molar-refractivity contribution < 1.29 is 9.59 Å². The minimum atomic E-state index is -0.146. The SMILES string of the molecule is CCCC(=O)Nc1cccc(CNC(=O)c2ccc(Cn3cncn3)cc2)c1. The number of carbonyl (C=O) groups is 2. The lowest BCUT2D eigenvalue weighted by Crippen LogP contribution is -2.22. The lowest BCUT2D eigenvalue weighted by molar-refractivity contribution is -0.116. The van der Waals surface area contributed by atoms with Crippen molar-refractivity contribution in [2.75, 3.05) is 5.32 Å². The number of hydrogen-bond donors (Lipinski definition) is 2. The van der Waals surface area contributed by atoms with E-state index in [0.29, 0.717) is 25.1 Å². The zero-order valence-corrected chi connectivity index (χ0v) is 15.8. The van der Waals surface area contributed by atoms with Crippen molar-refractivity contribution in [3.63, 3.8) is 0 Å². The van der Waals surface area contributed by atoms with Crippen molar-refractivity contribution in [2.45, 2.75) is 32.9 Å². The molecule has 3 rings (SSSR count). The third-order valence-electron chi connectivity index (χ3n) is 4.17. The maximum absolute atomic E-state index is 12.4. The van der Waals surface area contributed by atoms with Gasteiger partial charge in [0, 0.05) is 24.2 Å². The Kier molecular flexibility index (Phi) is 6.51. The molecule has 2 amide bonds. The zero-order chi connectivity index (χ0) is 19.8. The van der Waals surface area contributed by atoms with E-state index in [1.54, 1.807) is 23.1 Å². The first-order valence-electron chi connectivity index (χ1n) is 9.22. The molecule has 3 aromatic rings. The highest BCUT2D eigenvalue weighted by Gasteiger charge is 2.07. The van der Waals surface area contributed by atoms with Crippen molar-refractivity contribution in [1.82, 2.24) is 20.1 Å². The Morgan fingerprint density at radius 3 is 2.61 bits per heavy atom. The van der Waals surface area contributed by atoms with Gasteiger partial charge in [0.15, 0.2) is 0 Å². The smallest absolute Gasteiger partial charge is 0.251 e. The molecule has 0 spiro atoms. The zero-order valence-electron chi connectivity index (χ0n) is 15.8. The molecule has 144 valence electrons. The maximum Gasteiger partial charge on any atom is 0.251 e. The average molecular weight is 377 g/mol. The van der Waals surface area contributed by atoms with E-state index < -0.39 is 0 Å². The summed E-state index contributed by atoms with van der Waals surface area (Å²) in [6.07, 6.45) is 4.44. The van der Waals surface area contributed by atoms with E-state index in [2.05, 4.69) is 20.7 Å². The van der Waals surface area contributed by atoms with Crippen LogP contribution in [-0.4, -0.2) is 26.6 Å². The molecule has 2 aromatic carbocycles. The molecule has 1 aromatic heterocycles. The molecule has 0 saturated heterocycles. The van der Waals surface area contributed by atoms with Crippen LogP contribution in [0.1, 0.15) is 41.3 Å². The monoisotopic (exact) mass is 377 g/mol. The van der Waals surface area contributed by atoms with Crippen molar-refractivity contribution >= 4 is 17.5 Å². The molecule has 0 radical (unpaired) electrons. The van der Waals surface area contributed by atoms with Gasteiger partial charge in [-0.1, -0.05) is 31.2 Å². The van der Waals surface area contributed by atoms with Gasteiger partial charge >= 0.3 is 0 Å². The highest BCUT2D eigenvalue weighted by molar-refractivity contribution is 5.94. The standard InChI is InChI=1S/C21H23N5O2/c1-2-4-20(27)25-19-6-3-5-17(11-19)12-23-21(28)18-9-7-16(8-10-18)13-26-15-22-14-24-26/h3,5-11,14-15H,2,4,12-13H2,1H3,(H,23,28)(H,25,27). The van der Waals surface area contributed by atoms with Crippen LogP contribution >= 0.6 is 0 Å². The van der Waals surface area contributed by atoms with Crippen LogP contribution in [0.3, 0.4) is 0 Å². The van der Waals surface area contributed by atoms with E-state index in [1.807, 2.05) is 43.3 Å². The van der Waals surface area contributed by atoms with Crippen LogP contribution in [0.15, 0.2) is 61.2 Å². The average Bonchev–Trinajstić information content (AvgIpc) is 3.20. The number of anilines is 1. The van der Waals surface area contributed by atoms with Crippen LogP contribution in [0, 0.1) is 0 Å². The van der Waals surface area contributed by atoms with Crippen LogP contribution < -0.4 is 10.6 Å². The van der Waals surface area contributed by atoms with Gasteiger partial charge in [-0.15, -0.1) is 0 Å². The Hall–Kier alpha value is -3.48. The normalized spacial score (nSPS) is 10.5. The summed E-state index contributed by atoms with van der Waals surface area (Å²) in [7, 11) is 0. The maximum atomic E-state index is 12.4. The number of amides is 2. The highest BCUT2D eigenvalue weighted by atomic mass is 16.2. The Morgan fingerprint density at radius 1 is 1.07 bits per heavy atom. The van der Waals surface area contributed by atoms with Crippen LogP contribution in [0.2, 0.25) is 0 Å². The molecule has 28 heavy (non-hydrogen) atoms. The second kappa shape index (κ2) is 9.45. The first-order valence-corrected chi connectivity index (χ1v) is 9.22. The third kappa shape index (κ3) is 5.51. The van der Waals surface area contributed by atoms with E-state index in [9.17, 15) is 9.59 Å². The van der Waals surface area contributed by atoms with Gasteiger partial charge in [-0.3, -0.25) is 9.59 Å². The summed E-state index contributed by atoms with van der Waals surface area (Å²) >= 11 is 0. The summed E-state index contributed by atoms with van der Waals surface area (Å²) in [5.41, 5.74) is 3.29. The molecule has 0 atom stereocenters. The summed E-state index contributed by atoms with van der Waals surface area (Å²) < 4.78 is 1.72. The number of nitrogens with one attached hydrogen (secondary N) is 2. The van der Waals surface area contributed by atoms with E-state index in [0.717, 1.165) is 23.2 Å². The lowest BCUT2D eigenvalue weighted by atomic mass is 10.1. The van der Waals surface area contributed by atoms with Gasteiger partial charge in [-0.05, 0) is 41.8 Å². The van der Waals surface area contributed by atoms with Gasteiger partial charge in [0.2, 0.25) is 5.91 Å². The molecule has 7 nitrogen and oxygen atoms in total. The van der Waals surface area contributed by atoms with Crippen LogP contribution in [-0.2, 0) is 17.9 Å². The number of nitrogens with zero attached hydrogens (tertiary/aromatic N) is 3. The van der Waals surface area contributed by atoms with Crippen molar-refractivity contribution in [3.05, 3.63) is 77.9 Å². The van der Waals surface area contributed by atoms with E-state index in [4.69, 9.17) is 0 Å². The predicted octanol–water partition coefficient (Wildman–Crippen LogP) is 3.00. The summed E-state index contributed by atoms with van der Waals surface area (Å²) in [6.45, 7) is 2.96. The van der Waals surface area contributed by atoms with Gasteiger partial charge in [-0.25, -0.2) is 9.67 Å². The molecule has 0 saturated carbocycles. The van der Waals surface area contributed by atoms with Crippen LogP contribution in [0.25, 0.3) is 0 Å². The Morgan fingerprint density at radius 2 is 1.89 bits per heavy atom. The van der Waals surface area contributed by atoms with E-state index in [1.165, 1.54) is 6.33 Å². The minimum Gasteiger partial charge on any atom is -0.348 e. The second-order valence-corrected chi connectivity index (χ2v) is 6.47. The van der Waals surface area contributed by atoms with Crippen LogP contribution in [0.5, 0.6) is 0 Å². The van der Waals surface area contributed by atoms with E-state index >= 15 is 0 Å². The number of hydrogen-bond acceptors (Lipinski definition) is 4. The molecular formula is C21H23N5O2. The highest BCUT2D eigenvalue weighted by Crippen LogP contribution is 2.12. The van der Waals surface area contributed by atoms with E-state index in [-0.39, 0.29) is 11.8 Å². The molecule has 7 heteroatoms. The van der Waals surface area contributed by atoms with Crippen molar-refractivity contribution in [3.8, 4) is 0 Å². The van der Waals surface area contributed by atoms with Crippen molar-refractivity contribution in [1.29, 1.82) is 0 Å². The fraction of sp³-hybridized carbons (Fsp3) is 0.238. The number of aromatic nitrogens is 3. The predicted molar refractivity (Wildman–Crippen MR) is 107 cm³/mol. The van der Waals surface area contributed by atoms with Gasteiger partial charge < -0.3 is 10.6 Å². The van der Waals surface area contributed by atoms with Crippen LogP contribution in [0.4, 0.5) is 5.69 Å².